The van der Waals surface area contributed by atoms with Gasteiger partial charge in [-0.15, -0.1) is 0 Å². The van der Waals surface area contributed by atoms with Crippen molar-refractivity contribution in [3.8, 4) is 0 Å². The molecule has 0 aromatic heterocycles. The van der Waals surface area contributed by atoms with Crippen molar-refractivity contribution >= 4 is 26.5 Å². The number of rotatable bonds is 2. The van der Waals surface area contributed by atoms with Gasteiger partial charge in [0, 0.05) is 10.3 Å². The molecule has 0 saturated carbocycles. The Morgan fingerprint density at radius 1 is 0.700 bits per heavy atom. The van der Waals surface area contributed by atoms with E-state index in [1.54, 1.807) is 10.6 Å². The van der Waals surface area contributed by atoms with Crippen molar-refractivity contribution in [1.29, 1.82) is 0 Å². The second-order valence-corrected chi connectivity index (χ2v) is 11.8. The van der Waals surface area contributed by atoms with Crippen molar-refractivity contribution in [2.45, 2.75) is 24.2 Å². The summed E-state index contributed by atoms with van der Waals surface area (Å²) in [4.78, 5) is 0. The summed E-state index contributed by atoms with van der Waals surface area (Å²) in [6.07, 6.45) is 2.87. The number of hydrogen-bond donors (Lipinski definition) is 0. The van der Waals surface area contributed by atoms with E-state index in [0.29, 0.717) is 10.3 Å². The van der Waals surface area contributed by atoms with Crippen LogP contribution in [0.4, 0.5) is 0 Å². The van der Waals surface area contributed by atoms with Crippen LogP contribution < -0.4 is 10.6 Å². The van der Waals surface area contributed by atoms with Crippen LogP contribution in [-0.4, -0.2) is 22.6 Å². The van der Waals surface area contributed by atoms with Gasteiger partial charge in [-0.05, 0) is 22.9 Å². The molecule has 0 aliphatic carbocycles. The quantitative estimate of drug-likeness (QED) is 0.731. The van der Waals surface area contributed by atoms with E-state index in [-0.39, 0.29) is 15.8 Å². The van der Waals surface area contributed by atoms with Gasteiger partial charge < -0.3 is 0 Å². The summed E-state index contributed by atoms with van der Waals surface area (Å²) < 4.78 is 0. The van der Waals surface area contributed by atoms with Gasteiger partial charge in [0.25, 0.3) is 0 Å². The molecule has 2 aromatic carbocycles. The number of fused-ring (bicyclic) bond motifs is 1. The Bertz CT molecular complexity index is 606. The summed E-state index contributed by atoms with van der Waals surface area (Å²) in [5.74, 6) is 0. The molecule has 2 heterocycles. The third-order valence-corrected chi connectivity index (χ3v) is 12.7. The molecule has 0 amide bonds. The largest absolute Gasteiger partial charge is 0.0734 e. The molecule has 102 valence electrons. The first kappa shape index (κ1) is 13.0. The van der Waals surface area contributed by atoms with E-state index in [0.717, 1.165) is 0 Å². The number of benzene rings is 2. The van der Waals surface area contributed by atoms with Crippen molar-refractivity contribution < 1.29 is 0 Å². The van der Waals surface area contributed by atoms with Crippen LogP contribution in [-0.2, 0) is 0 Å². The summed E-state index contributed by atoms with van der Waals surface area (Å²) in [5, 5.41) is 4.41. The monoisotopic (exact) mass is 298 g/mol. The molecule has 0 spiro atoms. The molecule has 0 bridgehead atoms. The standard InChI is InChI=1S/C18H20P2/c1-17-13-19(15-9-5-3-6-10-15)14-18(17,2)20(17)16-11-7-4-8-12-16/h3-12H,13-14H2,1-2H3. The lowest BCUT2D eigenvalue weighted by molar-refractivity contribution is 0.694. The Balaban J connectivity index is 1.62. The van der Waals surface area contributed by atoms with Crippen molar-refractivity contribution in [1.82, 2.24) is 0 Å². The molecule has 2 heteroatoms. The Labute approximate surface area is 124 Å². The summed E-state index contributed by atoms with van der Waals surface area (Å²) >= 11 is 0. The van der Waals surface area contributed by atoms with Crippen LogP contribution in [0.25, 0.3) is 0 Å². The molecule has 0 N–H and O–H groups in total. The molecule has 0 nitrogen and oxygen atoms in total. The highest BCUT2D eigenvalue weighted by Crippen LogP contribution is 2.89. The Kier molecular flexibility index (Phi) is 2.86. The number of hydrogen-bond acceptors (Lipinski definition) is 0. The Morgan fingerprint density at radius 3 is 1.65 bits per heavy atom. The minimum Gasteiger partial charge on any atom is -0.0734 e. The molecule has 20 heavy (non-hydrogen) atoms. The first-order chi connectivity index (χ1) is 9.65. The molecule has 4 rings (SSSR count). The van der Waals surface area contributed by atoms with E-state index in [4.69, 9.17) is 0 Å². The average Bonchev–Trinajstić information content (AvgIpc) is 2.80. The van der Waals surface area contributed by atoms with Gasteiger partial charge in [0.15, 0.2) is 0 Å². The van der Waals surface area contributed by atoms with E-state index in [2.05, 4.69) is 74.5 Å². The molecule has 2 unspecified atom stereocenters. The van der Waals surface area contributed by atoms with Crippen LogP contribution in [0.1, 0.15) is 13.8 Å². The maximum absolute atomic E-state index is 2.55. The minimum atomic E-state index is 0.0516. The molecule has 2 aliphatic heterocycles. The normalized spacial score (nSPS) is 38.5. The summed E-state index contributed by atoms with van der Waals surface area (Å²) in [6, 6.07) is 22.5. The van der Waals surface area contributed by atoms with E-state index in [1.165, 1.54) is 12.3 Å². The highest BCUT2D eigenvalue weighted by molar-refractivity contribution is 7.82. The van der Waals surface area contributed by atoms with Gasteiger partial charge in [0.2, 0.25) is 0 Å². The Morgan fingerprint density at radius 2 is 1.15 bits per heavy atom. The first-order valence-corrected chi connectivity index (χ1v) is 10.4. The lowest BCUT2D eigenvalue weighted by atomic mass is 10.0. The molecule has 0 radical (unpaired) electrons. The second-order valence-electron chi connectivity index (χ2n) is 6.41. The van der Waals surface area contributed by atoms with E-state index in [9.17, 15) is 0 Å². The fourth-order valence-corrected chi connectivity index (χ4v) is 13.0. The topological polar surface area (TPSA) is 0 Å². The van der Waals surface area contributed by atoms with Gasteiger partial charge in [-0.3, -0.25) is 0 Å². The van der Waals surface area contributed by atoms with Crippen LogP contribution in [0.3, 0.4) is 0 Å². The first-order valence-electron chi connectivity index (χ1n) is 7.31. The molecule has 2 saturated heterocycles. The maximum atomic E-state index is 2.55. The van der Waals surface area contributed by atoms with Crippen molar-refractivity contribution in [3.63, 3.8) is 0 Å². The smallest absolute Gasteiger partial charge is 0.00644 e. The van der Waals surface area contributed by atoms with Crippen LogP contribution in [0, 0.1) is 0 Å². The zero-order valence-electron chi connectivity index (χ0n) is 12.1. The highest BCUT2D eigenvalue weighted by Gasteiger charge is 2.74. The summed E-state index contributed by atoms with van der Waals surface area (Å²) in [7, 11) is 0.124. The van der Waals surface area contributed by atoms with Gasteiger partial charge in [0.05, 0.1) is 0 Å². The predicted molar refractivity (Wildman–Crippen MR) is 92.5 cm³/mol. The van der Waals surface area contributed by atoms with Crippen LogP contribution in [0.2, 0.25) is 0 Å². The van der Waals surface area contributed by atoms with Gasteiger partial charge in [0.1, 0.15) is 0 Å². The van der Waals surface area contributed by atoms with E-state index >= 15 is 0 Å². The molecule has 2 aromatic rings. The maximum Gasteiger partial charge on any atom is 0.00644 e. The van der Waals surface area contributed by atoms with Crippen molar-refractivity contribution in [2.75, 3.05) is 12.3 Å². The van der Waals surface area contributed by atoms with Gasteiger partial charge >= 0.3 is 0 Å². The average molecular weight is 298 g/mol. The van der Waals surface area contributed by atoms with Gasteiger partial charge in [-0.1, -0.05) is 90.4 Å². The minimum absolute atomic E-state index is 0.0516. The molecule has 2 atom stereocenters. The predicted octanol–water partition coefficient (Wildman–Crippen LogP) is 4.15. The summed E-state index contributed by atoms with van der Waals surface area (Å²) in [6.45, 7) is 5.11. The van der Waals surface area contributed by atoms with Crippen molar-refractivity contribution in [3.05, 3.63) is 60.7 Å². The fraction of sp³-hybridized carbons (Fsp3) is 0.333. The molecule has 2 aliphatic rings. The van der Waals surface area contributed by atoms with Crippen LogP contribution >= 0.6 is 15.8 Å². The summed E-state index contributed by atoms with van der Waals surface area (Å²) in [5.41, 5.74) is 0. The Hall–Kier alpha value is -0.700. The zero-order valence-corrected chi connectivity index (χ0v) is 13.9. The van der Waals surface area contributed by atoms with Crippen LogP contribution in [0.15, 0.2) is 60.7 Å². The second kappa shape index (κ2) is 4.40. The SMILES string of the molecule is CC12CP(c3ccccc3)CC1(C)P2c1ccccc1. The lowest BCUT2D eigenvalue weighted by Crippen LogP contribution is -2.15. The highest BCUT2D eigenvalue weighted by atomic mass is 31.1. The zero-order chi connectivity index (χ0) is 13.8. The third-order valence-electron chi connectivity index (χ3n) is 5.23. The van der Waals surface area contributed by atoms with Crippen LogP contribution in [0.5, 0.6) is 0 Å². The molecular weight excluding hydrogens is 278 g/mol. The van der Waals surface area contributed by atoms with E-state index < -0.39 is 0 Å². The van der Waals surface area contributed by atoms with Crippen molar-refractivity contribution in [2.24, 2.45) is 0 Å². The van der Waals surface area contributed by atoms with Gasteiger partial charge in [-0.2, -0.15) is 0 Å². The fourth-order valence-electron chi connectivity index (χ4n) is 3.98. The third kappa shape index (κ3) is 1.68. The van der Waals surface area contributed by atoms with E-state index in [1.807, 2.05) is 0 Å². The van der Waals surface area contributed by atoms with Gasteiger partial charge in [-0.25, -0.2) is 0 Å². The molecular formula is C18H20P2. The molecule has 2 fully saturated rings. The lowest BCUT2D eigenvalue weighted by Gasteiger charge is -2.20.